The first kappa shape index (κ1) is 10.9. The van der Waals surface area contributed by atoms with E-state index in [-0.39, 0.29) is 0 Å². The summed E-state index contributed by atoms with van der Waals surface area (Å²) in [6.07, 6.45) is 2.71. The Labute approximate surface area is 99.2 Å². The lowest BCUT2D eigenvalue weighted by molar-refractivity contribution is 1.01. The van der Waals surface area contributed by atoms with Crippen LogP contribution in [0.15, 0.2) is 30.5 Å². The van der Waals surface area contributed by atoms with E-state index < -0.39 is 0 Å². The third kappa shape index (κ3) is 2.70. The third-order valence-corrected chi connectivity index (χ3v) is 2.41. The first-order chi connectivity index (χ1) is 8.31. The van der Waals surface area contributed by atoms with Crippen molar-refractivity contribution < 1.29 is 0 Å². The average molecular weight is 222 g/mol. The number of aromatic nitrogens is 2. The molecule has 1 aromatic carbocycles. The highest BCUT2D eigenvalue weighted by atomic mass is 14.9. The van der Waals surface area contributed by atoms with Gasteiger partial charge in [-0.1, -0.05) is 12.1 Å². The molecule has 0 radical (unpaired) electrons. The standard InChI is InChI=1S/C13H10N4/c14-6-5-12-9-16-13(17-12)7-10-1-3-11(8-15)4-2-10/h1-4,9H,5,7H2,(H,16,17). The largest absolute Gasteiger partial charge is 0.345 e. The lowest BCUT2D eigenvalue weighted by Crippen LogP contribution is -1.91. The van der Waals surface area contributed by atoms with Crippen molar-refractivity contribution in [3.05, 3.63) is 53.1 Å². The van der Waals surface area contributed by atoms with Crippen LogP contribution in [-0.2, 0) is 12.8 Å². The van der Waals surface area contributed by atoms with E-state index in [4.69, 9.17) is 10.5 Å². The van der Waals surface area contributed by atoms with Crippen molar-refractivity contribution in [1.29, 1.82) is 10.5 Å². The Morgan fingerprint density at radius 2 is 1.94 bits per heavy atom. The number of nitrogens with one attached hydrogen (secondary N) is 1. The molecule has 0 aliphatic carbocycles. The van der Waals surface area contributed by atoms with Gasteiger partial charge in [0.05, 0.1) is 24.1 Å². The number of nitriles is 2. The van der Waals surface area contributed by atoms with Gasteiger partial charge in [-0.15, -0.1) is 0 Å². The molecule has 1 N–H and O–H groups in total. The number of benzene rings is 1. The predicted octanol–water partition coefficient (Wildman–Crippen LogP) is 1.94. The van der Waals surface area contributed by atoms with Gasteiger partial charge in [0.15, 0.2) is 0 Å². The topological polar surface area (TPSA) is 76.3 Å². The van der Waals surface area contributed by atoms with Crippen molar-refractivity contribution in [1.82, 2.24) is 9.97 Å². The molecule has 0 bridgehead atoms. The maximum atomic E-state index is 8.68. The molecule has 4 nitrogen and oxygen atoms in total. The van der Waals surface area contributed by atoms with Gasteiger partial charge in [-0.2, -0.15) is 10.5 Å². The molecule has 2 aromatic rings. The van der Waals surface area contributed by atoms with Gasteiger partial charge in [-0.25, -0.2) is 4.98 Å². The van der Waals surface area contributed by atoms with E-state index in [0.717, 1.165) is 17.1 Å². The first-order valence-corrected chi connectivity index (χ1v) is 5.20. The molecule has 82 valence electrons. The normalized spacial score (nSPS) is 9.53. The molecule has 1 aromatic heterocycles. The number of hydrogen-bond acceptors (Lipinski definition) is 3. The van der Waals surface area contributed by atoms with E-state index in [2.05, 4.69) is 22.1 Å². The second-order valence-electron chi connectivity index (χ2n) is 3.68. The summed E-state index contributed by atoms with van der Waals surface area (Å²) < 4.78 is 0. The lowest BCUT2D eigenvalue weighted by Gasteiger charge is -1.98. The van der Waals surface area contributed by atoms with E-state index in [9.17, 15) is 0 Å². The Morgan fingerprint density at radius 1 is 1.18 bits per heavy atom. The van der Waals surface area contributed by atoms with Crippen molar-refractivity contribution in [2.45, 2.75) is 12.8 Å². The fourth-order valence-corrected chi connectivity index (χ4v) is 1.56. The lowest BCUT2D eigenvalue weighted by atomic mass is 10.1. The summed E-state index contributed by atoms with van der Waals surface area (Å²) >= 11 is 0. The Kier molecular flexibility index (Phi) is 3.18. The molecule has 0 saturated heterocycles. The number of aromatic amines is 1. The molecular formula is C13H10N4. The highest BCUT2D eigenvalue weighted by molar-refractivity contribution is 5.32. The maximum absolute atomic E-state index is 8.68. The van der Waals surface area contributed by atoms with Gasteiger partial charge in [0, 0.05) is 18.3 Å². The number of hydrogen-bond donors (Lipinski definition) is 1. The predicted molar refractivity (Wildman–Crippen MR) is 61.9 cm³/mol. The van der Waals surface area contributed by atoms with Gasteiger partial charge in [0.25, 0.3) is 0 Å². The number of rotatable bonds is 3. The van der Waals surface area contributed by atoms with Crippen molar-refractivity contribution in [3.8, 4) is 12.1 Å². The van der Waals surface area contributed by atoms with Gasteiger partial charge in [0.1, 0.15) is 5.82 Å². The first-order valence-electron chi connectivity index (χ1n) is 5.20. The van der Waals surface area contributed by atoms with Crippen molar-refractivity contribution >= 4 is 0 Å². The van der Waals surface area contributed by atoms with Crippen LogP contribution in [0.4, 0.5) is 0 Å². The molecule has 0 aliphatic heterocycles. The summed E-state index contributed by atoms with van der Waals surface area (Å²) in [6, 6.07) is 11.5. The molecule has 0 amide bonds. The SMILES string of the molecule is N#CCc1cnc(Cc2ccc(C#N)cc2)[nH]1. The summed E-state index contributed by atoms with van der Waals surface area (Å²) in [6.45, 7) is 0. The molecule has 0 fully saturated rings. The molecular weight excluding hydrogens is 212 g/mol. The second-order valence-corrected chi connectivity index (χ2v) is 3.68. The van der Waals surface area contributed by atoms with Crippen LogP contribution in [0, 0.1) is 22.7 Å². The minimum absolute atomic E-state index is 0.348. The number of H-pyrrole nitrogens is 1. The van der Waals surface area contributed by atoms with Crippen molar-refractivity contribution in [2.75, 3.05) is 0 Å². The van der Waals surface area contributed by atoms with Crippen molar-refractivity contribution in [2.24, 2.45) is 0 Å². The summed E-state index contributed by atoms with van der Waals surface area (Å²) in [4.78, 5) is 7.29. The highest BCUT2D eigenvalue weighted by Gasteiger charge is 2.02. The van der Waals surface area contributed by atoms with Gasteiger partial charge in [-0.3, -0.25) is 0 Å². The summed E-state index contributed by atoms with van der Waals surface area (Å²) in [5.41, 5.74) is 2.57. The zero-order valence-electron chi connectivity index (χ0n) is 9.14. The van der Waals surface area contributed by atoms with E-state index in [1.807, 2.05) is 12.1 Å². The molecule has 4 heteroatoms. The van der Waals surface area contributed by atoms with Crippen LogP contribution in [0.25, 0.3) is 0 Å². The number of imidazole rings is 1. The van der Waals surface area contributed by atoms with E-state index in [1.165, 1.54) is 0 Å². The molecule has 1 heterocycles. The molecule has 0 unspecified atom stereocenters. The van der Waals surface area contributed by atoms with Gasteiger partial charge < -0.3 is 4.98 Å². The minimum atomic E-state index is 0.348. The van der Waals surface area contributed by atoms with Crippen LogP contribution in [0.5, 0.6) is 0 Å². The van der Waals surface area contributed by atoms with Crippen LogP contribution in [-0.4, -0.2) is 9.97 Å². The summed E-state index contributed by atoms with van der Waals surface area (Å²) in [5, 5.41) is 17.2. The van der Waals surface area contributed by atoms with Gasteiger partial charge >= 0.3 is 0 Å². The molecule has 2 rings (SSSR count). The summed E-state index contributed by atoms with van der Waals surface area (Å²) in [5.74, 6) is 0.833. The Balaban J connectivity index is 2.09. The molecule has 0 saturated carbocycles. The zero-order valence-corrected chi connectivity index (χ0v) is 9.14. The van der Waals surface area contributed by atoms with E-state index in [1.54, 1.807) is 18.3 Å². The van der Waals surface area contributed by atoms with Crippen LogP contribution < -0.4 is 0 Å². The Hall–Kier alpha value is -2.59. The molecule has 0 aliphatic rings. The Bertz CT molecular complexity index is 581. The fraction of sp³-hybridized carbons (Fsp3) is 0.154. The molecule has 0 atom stereocenters. The third-order valence-electron chi connectivity index (χ3n) is 2.41. The molecule has 0 spiro atoms. The second kappa shape index (κ2) is 4.96. The van der Waals surface area contributed by atoms with Gasteiger partial charge in [0.2, 0.25) is 0 Å². The van der Waals surface area contributed by atoms with Crippen molar-refractivity contribution in [3.63, 3.8) is 0 Å². The zero-order chi connectivity index (χ0) is 12.1. The number of nitrogens with zero attached hydrogens (tertiary/aromatic N) is 3. The Morgan fingerprint density at radius 3 is 2.59 bits per heavy atom. The maximum Gasteiger partial charge on any atom is 0.110 e. The fourth-order valence-electron chi connectivity index (χ4n) is 1.56. The van der Waals surface area contributed by atoms with E-state index >= 15 is 0 Å². The van der Waals surface area contributed by atoms with Crippen LogP contribution in [0.2, 0.25) is 0 Å². The van der Waals surface area contributed by atoms with Crippen LogP contribution in [0.3, 0.4) is 0 Å². The quantitative estimate of drug-likeness (QED) is 0.862. The monoisotopic (exact) mass is 222 g/mol. The minimum Gasteiger partial charge on any atom is -0.345 e. The van der Waals surface area contributed by atoms with E-state index in [0.29, 0.717) is 18.4 Å². The summed E-state index contributed by atoms with van der Waals surface area (Å²) in [7, 11) is 0. The molecule has 17 heavy (non-hydrogen) atoms. The van der Waals surface area contributed by atoms with Crippen LogP contribution in [0.1, 0.15) is 22.6 Å². The van der Waals surface area contributed by atoms with Crippen LogP contribution >= 0.6 is 0 Å². The van der Waals surface area contributed by atoms with Gasteiger partial charge in [-0.05, 0) is 17.7 Å². The highest BCUT2D eigenvalue weighted by Crippen LogP contribution is 2.08. The smallest absolute Gasteiger partial charge is 0.110 e. The average Bonchev–Trinajstić information content (AvgIpc) is 2.78.